The van der Waals surface area contributed by atoms with E-state index in [1.54, 1.807) is 20.0 Å². The van der Waals surface area contributed by atoms with Crippen LogP contribution in [-0.4, -0.2) is 34.4 Å². The Bertz CT molecular complexity index is 1030. The Morgan fingerprint density at radius 3 is 2.82 bits per heavy atom. The van der Waals surface area contributed by atoms with Crippen LogP contribution in [0, 0.1) is 18.6 Å². The van der Waals surface area contributed by atoms with E-state index in [9.17, 15) is 13.2 Å². The maximum atomic E-state index is 14.1. The van der Waals surface area contributed by atoms with E-state index in [-0.39, 0.29) is 5.56 Å². The summed E-state index contributed by atoms with van der Waals surface area (Å²) in [5.41, 5.74) is 2.30. The Morgan fingerprint density at radius 1 is 1.25 bits per heavy atom. The van der Waals surface area contributed by atoms with E-state index in [0.29, 0.717) is 41.9 Å². The molecule has 28 heavy (non-hydrogen) atoms. The highest BCUT2D eigenvalue weighted by atomic mass is 19.2. The number of aryl methyl sites for hydroxylation is 1. The summed E-state index contributed by atoms with van der Waals surface area (Å²) in [5.74, 6) is -1.37. The van der Waals surface area contributed by atoms with Gasteiger partial charge in [0.2, 0.25) is 0 Å². The van der Waals surface area contributed by atoms with Crippen LogP contribution < -0.4 is 10.2 Å². The summed E-state index contributed by atoms with van der Waals surface area (Å²) in [4.78, 5) is 6.42. The first kappa shape index (κ1) is 18.5. The molecule has 1 aliphatic rings. The van der Waals surface area contributed by atoms with Crippen LogP contribution >= 0.6 is 0 Å². The van der Waals surface area contributed by atoms with Gasteiger partial charge in [-0.2, -0.15) is 5.10 Å². The van der Waals surface area contributed by atoms with Crippen LogP contribution in [0.5, 0.6) is 0 Å². The minimum atomic E-state index is -0.898. The Hall–Kier alpha value is -2.90. The summed E-state index contributed by atoms with van der Waals surface area (Å²) in [5, 5.41) is 12.1. The second-order valence-corrected chi connectivity index (χ2v) is 7.06. The lowest BCUT2D eigenvalue weighted by atomic mass is 10.1. The van der Waals surface area contributed by atoms with E-state index < -0.39 is 23.8 Å². The molecular formula is C20H20F3N5. The number of rotatable bonds is 4. The lowest BCUT2D eigenvalue weighted by molar-refractivity contribution is 0.364. The third-order valence-corrected chi connectivity index (χ3v) is 5.07. The molecule has 2 atom stereocenters. The number of anilines is 2. The predicted molar refractivity (Wildman–Crippen MR) is 102 cm³/mol. The lowest BCUT2D eigenvalue weighted by Gasteiger charge is -2.20. The third-order valence-electron chi connectivity index (χ3n) is 5.07. The molecule has 1 aliphatic heterocycles. The summed E-state index contributed by atoms with van der Waals surface area (Å²) in [7, 11) is 0. The Kier molecular flexibility index (Phi) is 4.78. The molecule has 8 heteroatoms. The van der Waals surface area contributed by atoms with Crippen LogP contribution in [0.15, 0.2) is 30.5 Å². The van der Waals surface area contributed by atoms with E-state index in [0.717, 1.165) is 11.8 Å². The molecule has 0 spiro atoms. The maximum Gasteiger partial charge on any atom is 0.164 e. The first-order valence-electron chi connectivity index (χ1n) is 9.16. The number of halogens is 3. The van der Waals surface area contributed by atoms with Gasteiger partial charge in [-0.3, -0.25) is 4.98 Å². The molecular weight excluding hydrogens is 367 g/mol. The first-order chi connectivity index (χ1) is 13.4. The number of alkyl halides is 1. The summed E-state index contributed by atoms with van der Waals surface area (Å²) >= 11 is 0. The van der Waals surface area contributed by atoms with Gasteiger partial charge >= 0.3 is 0 Å². The van der Waals surface area contributed by atoms with Gasteiger partial charge in [-0.1, -0.05) is 12.1 Å². The van der Waals surface area contributed by atoms with Crippen LogP contribution in [0.2, 0.25) is 0 Å². The molecule has 0 bridgehead atoms. The standard InChI is InChI=1S/C20H20F3N5/c1-11(15-4-3-5-17(22)18(15)23)25-20-16-8-14(28-7-6-13(21)10-28)9-24-19(16)12(2)26-27-20/h3-5,8-9,11,13H,6-7,10H2,1-2H3,(H,25,27)/t11-,13-/m1/s1. The number of nitrogens with one attached hydrogen (secondary N) is 1. The molecule has 1 aromatic carbocycles. The SMILES string of the molecule is Cc1nnc(N[C@H](C)c2cccc(F)c2F)c2cc(N3CC[C@@H](F)C3)cnc12. The highest BCUT2D eigenvalue weighted by Crippen LogP contribution is 2.30. The second kappa shape index (κ2) is 7.26. The Morgan fingerprint density at radius 2 is 2.07 bits per heavy atom. The molecule has 0 unspecified atom stereocenters. The van der Waals surface area contributed by atoms with Crippen molar-refractivity contribution in [2.75, 3.05) is 23.3 Å². The number of aromatic nitrogens is 3. The fourth-order valence-electron chi connectivity index (χ4n) is 3.52. The van der Waals surface area contributed by atoms with Gasteiger partial charge in [-0.25, -0.2) is 13.2 Å². The minimum absolute atomic E-state index is 0.194. The van der Waals surface area contributed by atoms with E-state index in [4.69, 9.17) is 0 Å². The molecule has 3 aromatic rings. The van der Waals surface area contributed by atoms with Crippen molar-refractivity contribution >= 4 is 22.4 Å². The van der Waals surface area contributed by atoms with Crippen molar-refractivity contribution in [3.05, 3.63) is 53.4 Å². The van der Waals surface area contributed by atoms with Crippen LogP contribution in [0.4, 0.5) is 24.7 Å². The molecule has 0 amide bonds. The molecule has 0 aliphatic carbocycles. The molecule has 1 saturated heterocycles. The van der Waals surface area contributed by atoms with Crippen molar-refractivity contribution in [3.63, 3.8) is 0 Å². The van der Waals surface area contributed by atoms with Crippen molar-refractivity contribution < 1.29 is 13.2 Å². The first-order valence-corrected chi connectivity index (χ1v) is 9.16. The van der Waals surface area contributed by atoms with Gasteiger partial charge in [0.15, 0.2) is 17.5 Å². The van der Waals surface area contributed by atoms with Gasteiger partial charge in [-0.15, -0.1) is 5.10 Å². The molecule has 2 aromatic heterocycles. The number of fused-ring (bicyclic) bond motifs is 1. The number of hydrogen-bond donors (Lipinski definition) is 1. The average molecular weight is 387 g/mol. The summed E-state index contributed by atoms with van der Waals surface area (Å²) in [6.07, 6.45) is 1.35. The van der Waals surface area contributed by atoms with Gasteiger partial charge in [0, 0.05) is 24.0 Å². The van der Waals surface area contributed by atoms with Gasteiger partial charge < -0.3 is 10.2 Å². The lowest BCUT2D eigenvalue weighted by Crippen LogP contribution is -2.20. The summed E-state index contributed by atoms with van der Waals surface area (Å²) in [6.45, 7) is 4.48. The topological polar surface area (TPSA) is 53.9 Å². The Labute approximate surface area is 160 Å². The van der Waals surface area contributed by atoms with Gasteiger partial charge in [0.05, 0.1) is 29.1 Å². The second-order valence-electron chi connectivity index (χ2n) is 7.06. The highest BCUT2D eigenvalue weighted by Gasteiger charge is 2.23. The van der Waals surface area contributed by atoms with E-state index >= 15 is 0 Å². The smallest absolute Gasteiger partial charge is 0.164 e. The van der Waals surface area contributed by atoms with Gasteiger partial charge in [0.25, 0.3) is 0 Å². The highest BCUT2D eigenvalue weighted by molar-refractivity contribution is 5.92. The largest absolute Gasteiger partial charge is 0.367 e. The number of benzene rings is 1. The zero-order valence-electron chi connectivity index (χ0n) is 15.6. The van der Waals surface area contributed by atoms with E-state index in [1.165, 1.54) is 12.1 Å². The number of hydrogen-bond acceptors (Lipinski definition) is 5. The third kappa shape index (κ3) is 3.34. The normalized spacial score (nSPS) is 17.9. The van der Waals surface area contributed by atoms with Crippen LogP contribution in [0.25, 0.3) is 10.9 Å². The van der Waals surface area contributed by atoms with Gasteiger partial charge in [0.1, 0.15) is 6.17 Å². The van der Waals surface area contributed by atoms with Crippen molar-refractivity contribution in [3.8, 4) is 0 Å². The number of nitrogens with zero attached hydrogens (tertiary/aromatic N) is 4. The van der Waals surface area contributed by atoms with Gasteiger partial charge in [-0.05, 0) is 32.4 Å². The molecule has 0 saturated carbocycles. The van der Waals surface area contributed by atoms with Crippen molar-refractivity contribution in [1.29, 1.82) is 0 Å². The molecule has 1 fully saturated rings. The maximum absolute atomic E-state index is 14.1. The van der Waals surface area contributed by atoms with Crippen molar-refractivity contribution in [2.24, 2.45) is 0 Å². The van der Waals surface area contributed by atoms with Crippen LogP contribution in [-0.2, 0) is 0 Å². The Balaban J connectivity index is 1.71. The average Bonchev–Trinajstić information content (AvgIpc) is 3.12. The molecule has 0 radical (unpaired) electrons. The van der Waals surface area contributed by atoms with E-state index in [2.05, 4.69) is 20.5 Å². The van der Waals surface area contributed by atoms with Crippen molar-refractivity contribution in [2.45, 2.75) is 32.5 Å². The summed E-state index contributed by atoms with van der Waals surface area (Å²) < 4.78 is 41.3. The molecule has 1 N–H and O–H groups in total. The quantitative estimate of drug-likeness (QED) is 0.722. The molecule has 3 heterocycles. The predicted octanol–water partition coefficient (Wildman–Crippen LogP) is 4.33. The van der Waals surface area contributed by atoms with Crippen LogP contribution in [0.3, 0.4) is 0 Å². The van der Waals surface area contributed by atoms with E-state index in [1.807, 2.05) is 11.0 Å². The van der Waals surface area contributed by atoms with Crippen LogP contribution in [0.1, 0.15) is 30.6 Å². The van der Waals surface area contributed by atoms with Crippen molar-refractivity contribution in [1.82, 2.24) is 15.2 Å². The molecule has 146 valence electrons. The molecule has 4 rings (SSSR count). The summed E-state index contributed by atoms with van der Waals surface area (Å²) in [6, 6.07) is 5.41. The number of pyridine rings is 1. The minimum Gasteiger partial charge on any atom is -0.367 e. The fraction of sp³-hybridized carbons (Fsp3) is 0.350. The molecule has 5 nitrogen and oxygen atoms in total. The fourth-order valence-corrected chi connectivity index (χ4v) is 3.52. The zero-order chi connectivity index (χ0) is 19.8. The monoisotopic (exact) mass is 387 g/mol. The zero-order valence-corrected chi connectivity index (χ0v) is 15.6.